The molecule has 3 N–H and O–H groups in total. The molecule has 2 amide bonds. The molecule has 0 atom stereocenters. The largest absolute Gasteiger partial charge is 0.390 e. The van der Waals surface area contributed by atoms with Gasteiger partial charge in [-0.25, -0.2) is 8.78 Å². The fourth-order valence-corrected chi connectivity index (χ4v) is 2.67. The van der Waals surface area contributed by atoms with Crippen LogP contribution in [0.15, 0.2) is 6.07 Å². The second-order valence-electron chi connectivity index (χ2n) is 5.71. The van der Waals surface area contributed by atoms with E-state index in [1.165, 1.54) is 0 Å². The lowest BCUT2D eigenvalue weighted by Gasteiger charge is -2.13. The first kappa shape index (κ1) is 17.3. The molecule has 0 aliphatic heterocycles. The van der Waals surface area contributed by atoms with Gasteiger partial charge in [-0.3, -0.25) is 14.3 Å². The van der Waals surface area contributed by atoms with E-state index in [-0.39, 0.29) is 5.82 Å². The number of nitrogens with zero attached hydrogens (tertiary/aromatic N) is 2. The molecule has 9 heteroatoms. The van der Waals surface area contributed by atoms with Gasteiger partial charge in [0.25, 0.3) is 5.92 Å². The summed E-state index contributed by atoms with van der Waals surface area (Å²) in [5.41, 5.74) is 0.977. The number of hydrogen-bond acceptors (Lipinski definition) is 4. The molecule has 1 fully saturated rings. The first-order chi connectivity index (χ1) is 10.8. The van der Waals surface area contributed by atoms with Crippen molar-refractivity contribution in [1.82, 2.24) is 15.1 Å². The van der Waals surface area contributed by atoms with E-state index in [2.05, 4.69) is 10.4 Å². The van der Waals surface area contributed by atoms with Crippen molar-refractivity contribution < 1.29 is 23.5 Å². The van der Waals surface area contributed by atoms with Gasteiger partial charge in [0.15, 0.2) is 5.82 Å². The first-order valence-corrected chi connectivity index (χ1v) is 7.44. The van der Waals surface area contributed by atoms with Gasteiger partial charge in [-0.15, -0.1) is 0 Å². The molecule has 128 valence electrons. The summed E-state index contributed by atoms with van der Waals surface area (Å²) in [6.07, 6.45) is 4.42. The van der Waals surface area contributed by atoms with Gasteiger partial charge in [-0.2, -0.15) is 5.10 Å². The number of alkyl halides is 2. The minimum atomic E-state index is -3.46. The van der Waals surface area contributed by atoms with E-state index in [0.29, 0.717) is 5.92 Å². The molecule has 0 spiro atoms. The summed E-state index contributed by atoms with van der Waals surface area (Å²) in [6, 6.07) is 1.70. The monoisotopic (exact) mass is 330 g/mol. The van der Waals surface area contributed by atoms with E-state index in [1.807, 2.05) is 0 Å². The van der Waals surface area contributed by atoms with Crippen LogP contribution < -0.4 is 10.6 Å². The zero-order chi connectivity index (χ0) is 17.0. The van der Waals surface area contributed by atoms with Gasteiger partial charge in [-0.05, 0) is 12.8 Å². The van der Waals surface area contributed by atoms with Crippen molar-refractivity contribution in [3.05, 3.63) is 11.8 Å². The smallest absolute Gasteiger partial charge is 0.314 e. The minimum absolute atomic E-state index is 0.212. The molecule has 1 heterocycles. The molecule has 1 aliphatic carbocycles. The number of halogens is 2. The summed E-state index contributed by atoms with van der Waals surface area (Å²) >= 11 is 0. The summed E-state index contributed by atoms with van der Waals surface area (Å²) in [5, 5.41) is 16.6. The Kier molecular flexibility index (Phi) is 5.30. The third-order valence-corrected chi connectivity index (χ3v) is 3.88. The highest BCUT2D eigenvalue weighted by Crippen LogP contribution is 2.34. The normalized spacial score (nSPS) is 15.7. The summed E-state index contributed by atoms with van der Waals surface area (Å²) in [7, 11) is 1.76. The molecule has 1 aromatic heterocycles. The van der Waals surface area contributed by atoms with Gasteiger partial charge < -0.3 is 15.7 Å². The van der Waals surface area contributed by atoms with Crippen LogP contribution in [0.4, 0.5) is 14.6 Å². The molecule has 0 bridgehead atoms. The second-order valence-corrected chi connectivity index (χ2v) is 5.71. The highest BCUT2D eigenvalue weighted by Gasteiger charge is 2.29. The maximum absolute atomic E-state index is 12.8. The van der Waals surface area contributed by atoms with E-state index in [4.69, 9.17) is 5.11 Å². The molecule has 23 heavy (non-hydrogen) atoms. The molecule has 1 aromatic rings. The molecule has 0 saturated heterocycles. The number of aryl methyl sites for hydroxylation is 1. The van der Waals surface area contributed by atoms with Gasteiger partial charge in [0.05, 0.1) is 6.54 Å². The Bertz CT molecular complexity index is 583. The van der Waals surface area contributed by atoms with Crippen LogP contribution in [-0.4, -0.2) is 45.8 Å². The Balaban J connectivity index is 1.92. The van der Waals surface area contributed by atoms with E-state index >= 15 is 0 Å². The fourth-order valence-electron chi connectivity index (χ4n) is 2.67. The number of aromatic nitrogens is 2. The van der Waals surface area contributed by atoms with Gasteiger partial charge in [0.1, 0.15) is 6.61 Å². The third kappa shape index (κ3) is 4.47. The van der Waals surface area contributed by atoms with E-state index < -0.39 is 30.9 Å². The van der Waals surface area contributed by atoms with E-state index in [1.54, 1.807) is 23.1 Å². The molecule has 0 unspecified atom stereocenters. The predicted octanol–water partition coefficient (Wildman–Crippen LogP) is 0.760. The number of carbonyl (C=O) groups excluding carboxylic acids is 2. The van der Waals surface area contributed by atoms with Crippen molar-refractivity contribution in [1.29, 1.82) is 0 Å². The fraction of sp³-hybridized carbons (Fsp3) is 0.643. The van der Waals surface area contributed by atoms with Crippen molar-refractivity contribution in [2.75, 3.05) is 18.5 Å². The van der Waals surface area contributed by atoms with Crippen LogP contribution in [0.5, 0.6) is 0 Å². The molecule has 0 radical (unpaired) electrons. The molecular weight excluding hydrogens is 310 g/mol. The van der Waals surface area contributed by atoms with Crippen molar-refractivity contribution >= 4 is 17.6 Å². The Hall–Kier alpha value is -2.03. The van der Waals surface area contributed by atoms with Gasteiger partial charge in [0, 0.05) is 24.7 Å². The zero-order valence-corrected chi connectivity index (χ0v) is 12.8. The Morgan fingerprint density at radius 2 is 2.04 bits per heavy atom. The molecule has 1 aliphatic rings. The van der Waals surface area contributed by atoms with Crippen molar-refractivity contribution in [3.8, 4) is 0 Å². The number of rotatable bonds is 5. The van der Waals surface area contributed by atoms with Crippen LogP contribution in [0.25, 0.3) is 0 Å². The summed E-state index contributed by atoms with van der Waals surface area (Å²) < 4.78 is 27.3. The van der Waals surface area contributed by atoms with Gasteiger partial charge in [0.2, 0.25) is 0 Å². The molecule has 0 aromatic carbocycles. The second kappa shape index (κ2) is 7.03. The van der Waals surface area contributed by atoms with Crippen LogP contribution >= 0.6 is 0 Å². The lowest BCUT2D eigenvalue weighted by molar-refractivity contribution is -0.137. The van der Waals surface area contributed by atoms with Crippen molar-refractivity contribution in [2.45, 2.75) is 37.5 Å². The highest BCUT2D eigenvalue weighted by molar-refractivity contribution is 6.39. The topological polar surface area (TPSA) is 96.2 Å². The Morgan fingerprint density at radius 3 is 2.65 bits per heavy atom. The Labute approximate surface area is 132 Å². The number of nitrogens with one attached hydrogen (secondary N) is 2. The van der Waals surface area contributed by atoms with Crippen LogP contribution in [0.1, 0.15) is 37.3 Å². The molecule has 1 saturated carbocycles. The number of amides is 2. The standard InChI is InChI=1S/C14H20F2N4O3/c1-20-10(9-4-2-3-5-9)6-11(19-20)18-13(23)12(22)17-7-14(15,16)8-21/h6,9,21H,2-5,7-8H2,1H3,(H,17,22)(H,18,19,23). The third-order valence-electron chi connectivity index (χ3n) is 3.88. The number of aliphatic hydroxyl groups excluding tert-OH is 1. The maximum atomic E-state index is 12.8. The summed E-state index contributed by atoms with van der Waals surface area (Å²) in [6.45, 7) is -2.51. The number of anilines is 1. The number of hydrogen-bond donors (Lipinski definition) is 3. The quantitative estimate of drug-likeness (QED) is 0.695. The van der Waals surface area contributed by atoms with Crippen LogP contribution in [0.2, 0.25) is 0 Å². The van der Waals surface area contributed by atoms with Crippen LogP contribution in [0.3, 0.4) is 0 Å². The maximum Gasteiger partial charge on any atom is 0.314 e. The molecular formula is C14H20F2N4O3. The highest BCUT2D eigenvalue weighted by atomic mass is 19.3. The summed E-state index contributed by atoms with van der Waals surface area (Å²) in [4.78, 5) is 23.2. The first-order valence-electron chi connectivity index (χ1n) is 7.44. The van der Waals surface area contributed by atoms with Crippen molar-refractivity contribution in [2.24, 2.45) is 7.05 Å². The van der Waals surface area contributed by atoms with E-state index in [0.717, 1.165) is 31.4 Å². The lowest BCUT2D eigenvalue weighted by atomic mass is 10.0. The van der Waals surface area contributed by atoms with Gasteiger partial charge >= 0.3 is 11.8 Å². The average Bonchev–Trinajstić information content (AvgIpc) is 3.14. The van der Waals surface area contributed by atoms with Gasteiger partial charge in [-0.1, -0.05) is 12.8 Å². The average molecular weight is 330 g/mol. The van der Waals surface area contributed by atoms with Crippen LogP contribution in [0, 0.1) is 0 Å². The summed E-state index contributed by atoms with van der Waals surface area (Å²) in [5.74, 6) is -5.14. The van der Waals surface area contributed by atoms with E-state index in [9.17, 15) is 18.4 Å². The number of carbonyl (C=O) groups is 2. The zero-order valence-electron chi connectivity index (χ0n) is 12.8. The lowest BCUT2D eigenvalue weighted by Crippen LogP contribution is -2.43. The number of aliphatic hydroxyl groups is 1. The predicted molar refractivity (Wildman–Crippen MR) is 78.1 cm³/mol. The Morgan fingerprint density at radius 1 is 1.39 bits per heavy atom. The van der Waals surface area contributed by atoms with Crippen molar-refractivity contribution in [3.63, 3.8) is 0 Å². The molecule has 7 nitrogen and oxygen atoms in total. The van der Waals surface area contributed by atoms with Crippen LogP contribution in [-0.2, 0) is 16.6 Å². The molecule has 2 rings (SSSR count). The minimum Gasteiger partial charge on any atom is -0.390 e. The SMILES string of the molecule is Cn1nc(NC(=O)C(=O)NCC(F)(F)CO)cc1C1CCCC1.